The van der Waals surface area contributed by atoms with Crippen molar-refractivity contribution in [3.63, 3.8) is 0 Å². The van der Waals surface area contributed by atoms with Crippen molar-refractivity contribution < 1.29 is 9.53 Å². The van der Waals surface area contributed by atoms with Gasteiger partial charge in [-0.15, -0.1) is 11.3 Å². The van der Waals surface area contributed by atoms with E-state index in [4.69, 9.17) is 0 Å². The Morgan fingerprint density at radius 1 is 1.47 bits per heavy atom. The van der Waals surface area contributed by atoms with Crippen LogP contribution in [0.3, 0.4) is 0 Å². The van der Waals surface area contributed by atoms with E-state index in [-0.39, 0.29) is 5.69 Å². The van der Waals surface area contributed by atoms with Crippen LogP contribution in [-0.2, 0) is 11.3 Å². The molecule has 88 valence electrons. The maximum Gasteiger partial charge on any atom is 0.356 e. The maximum atomic E-state index is 11.3. The number of methoxy groups -OCH3 is 1. The van der Waals surface area contributed by atoms with Gasteiger partial charge in [0, 0.05) is 23.5 Å². The quantitative estimate of drug-likeness (QED) is 0.839. The molecule has 0 radical (unpaired) electrons. The van der Waals surface area contributed by atoms with Gasteiger partial charge in [-0.05, 0) is 12.1 Å². The summed E-state index contributed by atoms with van der Waals surface area (Å²) < 4.78 is 4.60. The van der Waals surface area contributed by atoms with Gasteiger partial charge in [-0.2, -0.15) is 0 Å². The predicted molar refractivity (Wildman–Crippen MR) is 65.0 cm³/mol. The lowest BCUT2D eigenvalue weighted by molar-refractivity contribution is 0.0594. The van der Waals surface area contributed by atoms with Gasteiger partial charge < -0.3 is 10.1 Å². The Kier molecular flexibility index (Phi) is 3.66. The third kappa shape index (κ3) is 3.01. The summed E-state index contributed by atoms with van der Waals surface area (Å²) in [6.07, 6.45) is 3.32. The standard InChI is InChI=1S/C11H11N3O2S/c1-16-11(15)9-6-8(2-3-12-9)14-7-10-13-4-5-17-10/h2-6H,7H2,1H3,(H,12,14). The first-order valence-electron chi connectivity index (χ1n) is 4.96. The molecule has 2 rings (SSSR count). The molecule has 0 atom stereocenters. The number of anilines is 1. The van der Waals surface area contributed by atoms with Gasteiger partial charge in [-0.3, -0.25) is 0 Å². The van der Waals surface area contributed by atoms with Crippen molar-refractivity contribution in [3.05, 3.63) is 40.6 Å². The number of aromatic nitrogens is 2. The number of rotatable bonds is 4. The largest absolute Gasteiger partial charge is 0.464 e. The second kappa shape index (κ2) is 5.40. The molecule has 0 aliphatic carbocycles. The van der Waals surface area contributed by atoms with Crippen LogP contribution in [-0.4, -0.2) is 23.0 Å². The van der Waals surface area contributed by atoms with Gasteiger partial charge in [-0.25, -0.2) is 14.8 Å². The van der Waals surface area contributed by atoms with E-state index in [0.717, 1.165) is 10.7 Å². The summed E-state index contributed by atoms with van der Waals surface area (Å²) in [5.74, 6) is -0.442. The van der Waals surface area contributed by atoms with Crippen LogP contribution in [0.4, 0.5) is 5.69 Å². The molecule has 5 nitrogen and oxygen atoms in total. The maximum absolute atomic E-state index is 11.3. The lowest BCUT2D eigenvalue weighted by atomic mass is 10.3. The third-order valence-electron chi connectivity index (χ3n) is 2.08. The molecular formula is C11H11N3O2S. The Morgan fingerprint density at radius 2 is 2.35 bits per heavy atom. The highest BCUT2D eigenvalue weighted by Gasteiger charge is 2.07. The van der Waals surface area contributed by atoms with E-state index in [1.54, 1.807) is 35.9 Å². The van der Waals surface area contributed by atoms with Gasteiger partial charge in [-0.1, -0.05) is 0 Å². The highest BCUT2D eigenvalue weighted by atomic mass is 32.1. The number of hydrogen-bond donors (Lipinski definition) is 1. The fourth-order valence-electron chi connectivity index (χ4n) is 1.27. The number of nitrogens with one attached hydrogen (secondary N) is 1. The summed E-state index contributed by atoms with van der Waals surface area (Å²) in [6, 6.07) is 3.44. The zero-order valence-electron chi connectivity index (χ0n) is 9.21. The van der Waals surface area contributed by atoms with Crippen LogP contribution in [0.15, 0.2) is 29.9 Å². The van der Waals surface area contributed by atoms with Crippen molar-refractivity contribution in [2.45, 2.75) is 6.54 Å². The highest BCUT2D eigenvalue weighted by Crippen LogP contribution is 2.11. The lowest BCUT2D eigenvalue weighted by Crippen LogP contribution is -2.06. The van der Waals surface area contributed by atoms with Crippen LogP contribution in [0, 0.1) is 0 Å². The number of pyridine rings is 1. The number of thiazole rings is 1. The molecule has 0 saturated heterocycles. The van der Waals surface area contributed by atoms with Gasteiger partial charge in [0.05, 0.1) is 13.7 Å². The van der Waals surface area contributed by atoms with Crippen molar-refractivity contribution in [1.82, 2.24) is 9.97 Å². The summed E-state index contributed by atoms with van der Waals surface area (Å²) in [5, 5.41) is 6.07. The smallest absolute Gasteiger partial charge is 0.356 e. The molecular weight excluding hydrogens is 238 g/mol. The minimum atomic E-state index is -0.442. The summed E-state index contributed by atoms with van der Waals surface area (Å²) >= 11 is 1.58. The number of ether oxygens (including phenoxy) is 1. The summed E-state index contributed by atoms with van der Waals surface area (Å²) in [6.45, 7) is 0.627. The summed E-state index contributed by atoms with van der Waals surface area (Å²) in [7, 11) is 1.33. The first-order chi connectivity index (χ1) is 8.29. The van der Waals surface area contributed by atoms with E-state index >= 15 is 0 Å². The molecule has 2 aromatic rings. The molecule has 0 spiro atoms. The van der Waals surface area contributed by atoms with Crippen LogP contribution in [0.1, 0.15) is 15.5 Å². The van der Waals surface area contributed by atoms with Gasteiger partial charge >= 0.3 is 5.97 Å². The van der Waals surface area contributed by atoms with Crippen molar-refractivity contribution in [2.75, 3.05) is 12.4 Å². The topological polar surface area (TPSA) is 64.1 Å². The normalized spacial score (nSPS) is 9.94. The minimum absolute atomic E-state index is 0.289. The Morgan fingerprint density at radius 3 is 3.06 bits per heavy atom. The Bertz CT molecular complexity index is 499. The first-order valence-corrected chi connectivity index (χ1v) is 5.84. The van der Waals surface area contributed by atoms with Gasteiger partial charge in [0.25, 0.3) is 0 Å². The molecule has 2 heterocycles. The Labute approximate surface area is 102 Å². The van der Waals surface area contributed by atoms with Crippen molar-refractivity contribution in [3.8, 4) is 0 Å². The van der Waals surface area contributed by atoms with E-state index in [1.165, 1.54) is 7.11 Å². The highest BCUT2D eigenvalue weighted by molar-refractivity contribution is 7.09. The molecule has 0 aliphatic rings. The SMILES string of the molecule is COC(=O)c1cc(NCc2nccs2)ccn1. The summed E-state index contributed by atoms with van der Waals surface area (Å²) in [4.78, 5) is 19.4. The van der Waals surface area contributed by atoms with E-state index in [2.05, 4.69) is 20.0 Å². The molecule has 6 heteroatoms. The molecule has 0 bridgehead atoms. The molecule has 0 saturated carbocycles. The first kappa shape index (κ1) is 11.5. The van der Waals surface area contributed by atoms with Crippen LogP contribution < -0.4 is 5.32 Å². The average Bonchev–Trinajstić information content (AvgIpc) is 2.89. The fourth-order valence-corrected chi connectivity index (χ4v) is 1.83. The van der Waals surface area contributed by atoms with Crippen molar-refractivity contribution >= 4 is 23.0 Å². The zero-order chi connectivity index (χ0) is 12.1. The Balaban J connectivity index is 2.03. The summed E-state index contributed by atoms with van der Waals surface area (Å²) in [5.41, 5.74) is 1.10. The van der Waals surface area contributed by atoms with Crippen LogP contribution in [0.2, 0.25) is 0 Å². The second-order valence-electron chi connectivity index (χ2n) is 3.20. The number of esters is 1. The molecule has 2 aromatic heterocycles. The zero-order valence-corrected chi connectivity index (χ0v) is 10.0. The van der Waals surface area contributed by atoms with Gasteiger partial charge in [0.1, 0.15) is 10.7 Å². The lowest BCUT2D eigenvalue weighted by Gasteiger charge is -2.05. The van der Waals surface area contributed by atoms with Gasteiger partial charge in [0.15, 0.2) is 0 Å². The Hall–Kier alpha value is -1.95. The van der Waals surface area contributed by atoms with Crippen molar-refractivity contribution in [2.24, 2.45) is 0 Å². The molecule has 1 N–H and O–H groups in total. The molecule has 0 aromatic carbocycles. The van der Waals surface area contributed by atoms with Crippen molar-refractivity contribution in [1.29, 1.82) is 0 Å². The number of nitrogens with zero attached hydrogens (tertiary/aromatic N) is 2. The van der Waals surface area contributed by atoms with Crippen LogP contribution in [0.25, 0.3) is 0 Å². The van der Waals surface area contributed by atoms with E-state index in [1.807, 2.05) is 5.38 Å². The molecule has 0 aliphatic heterocycles. The average molecular weight is 249 g/mol. The van der Waals surface area contributed by atoms with E-state index in [0.29, 0.717) is 6.54 Å². The minimum Gasteiger partial charge on any atom is -0.464 e. The second-order valence-corrected chi connectivity index (χ2v) is 4.18. The molecule has 0 fully saturated rings. The monoisotopic (exact) mass is 249 g/mol. The third-order valence-corrected chi connectivity index (χ3v) is 2.86. The van der Waals surface area contributed by atoms with Gasteiger partial charge in [0.2, 0.25) is 0 Å². The number of hydrogen-bond acceptors (Lipinski definition) is 6. The van der Waals surface area contributed by atoms with Crippen LogP contribution >= 0.6 is 11.3 Å². The van der Waals surface area contributed by atoms with Crippen LogP contribution in [0.5, 0.6) is 0 Å². The molecule has 0 unspecified atom stereocenters. The fraction of sp³-hybridized carbons (Fsp3) is 0.182. The number of carbonyl (C=O) groups is 1. The number of carbonyl (C=O) groups excluding carboxylic acids is 1. The molecule has 0 amide bonds. The van der Waals surface area contributed by atoms with E-state index < -0.39 is 5.97 Å². The van der Waals surface area contributed by atoms with E-state index in [9.17, 15) is 4.79 Å². The predicted octanol–water partition coefficient (Wildman–Crippen LogP) is 1.94. The molecule has 17 heavy (non-hydrogen) atoms.